The van der Waals surface area contributed by atoms with E-state index in [4.69, 9.17) is 0 Å². The van der Waals surface area contributed by atoms with Crippen LogP contribution in [0.2, 0.25) is 0 Å². The maximum absolute atomic E-state index is 12.4. The molecule has 26 heavy (non-hydrogen) atoms. The van der Waals surface area contributed by atoms with E-state index >= 15 is 0 Å². The van der Waals surface area contributed by atoms with E-state index in [9.17, 15) is 4.79 Å². The van der Waals surface area contributed by atoms with Crippen LogP contribution in [-0.4, -0.2) is 49.0 Å². The zero-order chi connectivity index (χ0) is 18.4. The molecular formula is C21H28N4O. The summed E-state index contributed by atoms with van der Waals surface area (Å²) in [5.41, 5.74) is 3.42. The first-order valence-electron chi connectivity index (χ1n) is 9.27. The summed E-state index contributed by atoms with van der Waals surface area (Å²) >= 11 is 0. The predicted octanol–water partition coefficient (Wildman–Crippen LogP) is 2.47. The molecule has 1 aliphatic rings. The molecule has 0 spiro atoms. The van der Waals surface area contributed by atoms with Crippen molar-refractivity contribution in [3.05, 3.63) is 59.9 Å². The molecule has 1 aromatic heterocycles. The molecule has 1 aliphatic heterocycles. The summed E-state index contributed by atoms with van der Waals surface area (Å²) in [5.74, 6) is 0.107. The van der Waals surface area contributed by atoms with Crippen molar-refractivity contribution in [2.45, 2.75) is 31.8 Å². The topological polar surface area (TPSA) is 48.5 Å². The Bertz CT molecular complexity index is 700. The number of piperidine rings is 1. The van der Waals surface area contributed by atoms with Crippen LogP contribution in [0.15, 0.2) is 48.8 Å². The Balaban J connectivity index is 1.49. The van der Waals surface area contributed by atoms with Crippen LogP contribution < -0.4 is 10.2 Å². The van der Waals surface area contributed by atoms with Gasteiger partial charge < -0.3 is 10.2 Å². The average molecular weight is 352 g/mol. The van der Waals surface area contributed by atoms with Gasteiger partial charge in [0.25, 0.3) is 0 Å². The highest BCUT2D eigenvalue weighted by Gasteiger charge is 2.21. The minimum absolute atomic E-state index is 0.107. The smallest absolute Gasteiger partial charge is 0.224 e. The largest absolute Gasteiger partial charge is 0.378 e. The SMILES string of the molecule is CN(C)c1ccc(CC(=O)N[C@H]2CCCN(Cc3cccnc3)C2)cc1. The number of amides is 1. The van der Waals surface area contributed by atoms with Crippen molar-refractivity contribution in [3.63, 3.8) is 0 Å². The van der Waals surface area contributed by atoms with E-state index < -0.39 is 0 Å². The second-order valence-electron chi connectivity index (χ2n) is 7.24. The van der Waals surface area contributed by atoms with Crippen LogP contribution in [0.5, 0.6) is 0 Å². The van der Waals surface area contributed by atoms with Crippen molar-refractivity contribution in [3.8, 4) is 0 Å². The Morgan fingerprint density at radius 3 is 2.73 bits per heavy atom. The lowest BCUT2D eigenvalue weighted by atomic mass is 10.0. The van der Waals surface area contributed by atoms with Crippen LogP contribution in [0.25, 0.3) is 0 Å². The molecule has 2 aromatic rings. The quantitative estimate of drug-likeness (QED) is 0.868. The highest BCUT2D eigenvalue weighted by atomic mass is 16.1. The second kappa shape index (κ2) is 8.81. The fraction of sp³-hybridized carbons (Fsp3) is 0.429. The third-order valence-electron chi connectivity index (χ3n) is 4.82. The van der Waals surface area contributed by atoms with Crippen LogP contribution in [0.1, 0.15) is 24.0 Å². The van der Waals surface area contributed by atoms with Gasteiger partial charge in [0.1, 0.15) is 0 Å². The number of nitrogens with one attached hydrogen (secondary N) is 1. The van der Waals surface area contributed by atoms with Gasteiger partial charge in [-0.1, -0.05) is 18.2 Å². The average Bonchev–Trinajstić information content (AvgIpc) is 2.63. The van der Waals surface area contributed by atoms with Gasteiger partial charge in [-0.15, -0.1) is 0 Å². The predicted molar refractivity (Wildman–Crippen MR) is 105 cm³/mol. The van der Waals surface area contributed by atoms with Gasteiger partial charge in [-0.25, -0.2) is 0 Å². The van der Waals surface area contributed by atoms with Gasteiger partial charge in [-0.2, -0.15) is 0 Å². The molecule has 5 heteroatoms. The summed E-state index contributed by atoms with van der Waals surface area (Å²) in [4.78, 5) is 21.1. The number of benzene rings is 1. The molecule has 0 saturated carbocycles. The number of hydrogen-bond donors (Lipinski definition) is 1. The summed E-state index contributed by atoms with van der Waals surface area (Å²) in [6.45, 7) is 2.87. The van der Waals surface area contributed by atoms with Gasteiger partial charge in [0, 0.05) is 51.3 Å². The fourth-order valence-corrected chi connectivity index (χ4v) is 3.44. The normalized spacial score (nSPS) is 17.7. The molecular weight excluding hydrogens is 324 g/mol. The monoisotopic (exact) mass is 352 g/mol. The lowest BCUT2D eigenvalue weighted by Gasteiger charge is -2.33. The van der Waals surface area contributed by atoms with Crippen LogP contribution in [-0.2, 0) is 17.8 Å². The highest BCUT2D eigenvalue weighted by molar-refractivity contribution is 5.79. The zero-order valence-corrected chi connectivity index (χ0v) is 15.7. The van der Waals surface area contributed by atoms with Gasteiger partial charge in [0.15, 0.2) is 0 Å². The molecule has 2 heterocycles. The number of aromatic nitrogens is 1. The molecule has 0 unspecified atom stereocenters. The maximum atomic E-state index is 12.4. The Kier molecular flexibility index (Phi) is 6.23. The number of nitrogens with zero attached hydrogens (tertiary/aromatic N) is 3. The van der Waals surface area contributed by atoms with E-state index in [0.717, 1.165) is 43.7 Å². The third kappa shape index (κ3) is 5.30. The standard InChI is InChI=1S/C21H28N4O/c1-24(2)20-9-7-17(8-10-20)13-21(26)23-19-6-4-12-25(16-19)15-18-5-3-11-22-14-18/h3,5,7-11,14,19H,4,6,12-13,15-16H2,1-2H3,(H,23,26)/t19-/m0/s1. The molecule has 1 fully saturated rings. The summed E-state index contributed by atoms with van der Waals surface area (Å²) in [6, 6.07) is 12.5. The van der Waals surface area contributed by atoms with Crippen molar-refractivity contribution in [2.24, 2.45) is 0 Å². The second-order valence-corrected chi connectivity index (χ2v) is 7.24. The Morgan fingerprint density at radius 1 is 1.23 bits per heavy atom. The van der Waals surface area contributed by atoms with Crippen molar-refractivity contribution < 1.29 is 4.79 Å². The summed E-state index contributed by atoms with van der Waals surface area (Å²) in [7, 11) is 4.03. The first kappa shape index (κ1) is 18.4. The molecule has 1 aromatic carbocycles. The Morgan fingerprint density at radius 2 is 2.04 bits per heavy atom. The maximum Gasteiger partial charge on any atom is 0.224 e. The van der Waals surface area contributed by atoms with Crippen LogP contribution in [0, 0.1) is 0 Å². The molecule has 138 valence electrons. The van der Waals surface area contributed by atoms with E-state index in [1.165, 1.54) is 5.56 Å². The number of carbonyl (C=O) groups excluding carboxylic acids is 1. The van der Waals surface area contributed by atoms with Crippen LogP contribution in [0.3, 0.4) is 0 Å². The lowest BCUT2D eigenvalue weighted by molar-refractivity contribution is -0.121. The number of likely N-dealkylation sites (tertiary alicyclic amines) is 1. The van der Waals surface area contributed by atoms with Crippen molar-refractivity contribution in [2.75, 3.05) is 32.1 Å². The number of carbonyl (C=O) groups is 1. The van der Waals surface area contributed by atoms with Gasteiger partial charge in [-0.3, -0.25) is 14.7 Å². The first-order chi connectivity index (χ1) is 12.6. The molecule has 0 aliphatic carbocycles. The molecule has 0 bridgehead atoms. The van der Waals surface area contributed by atoms with Gasteiger partial charge >= 0.3 is 0 Å². The molecule has 0 radical (unpaired) electrons. The van der Waals surface area contributed by atoms with Crippen molar-refractivity contribution in [1.29, 1.82) is 0 Å². The van der Waals surface area contributed by atoms with E-state index in [2.05, 4.69) is 38.3 Å². The number of pyridine rings is 1. The van der Waals surface area contributed by atoms with E-state index in [0.29, 0.717) is 6.42 Å². The number of hydrogen-bond acceptors (Lipinski definition) is 4. The molecule has 1 N–H and O–H groups in total. The van der Waals surface area contributed by atoms with Gasteiger partial charge in [-0.05, 0) is 48.7 Å². The molecule has 1 saturated heterocycles. The Labute approximate surface area is 156 Å². The van der Waals surface area contributed by atoms with E-state index in [1.807, 2.05) is 38.5 Å². The van der Waals surface area contributed by atoms with Crippen molar-refractivity contribution in [1.82, 2.24) is 15.2 Å². The first-order valence-corrected chi connectivity index (χ1v) is 9.27. The number of rotatable bonds is 6. The zero-order valence-electron chi connectivity index (χ0n) is 15.7. The van der Waals surface area contributed by atoms with Crippen molar-refractivity contribution >= 4 is 11.6 Å². The number of anilines is 1. The molecule has 3 rings (SSSR count). The van der Waals surface area contributed by atoms with Gasteiger partial charge in [0.2, 0.25) is 5.91 Å². The highest BCUT2D eigenvalue weighted by Crippen LogP contribution is 2.15. The summed E-state index contributed by atoms with van der Waals surface area (Å²) in [5, 5.41) is 3.21. The lowest BCUT2D eigenvalue weighted by Crippen LogP contribution is -2.47. The van der Waals surface area contributed by atoms with E-state index in [1.54, 1.807) is 6.20 Å². The molecule has 5 nitrogen and oxygen atoms in total. The van der Waals surface area contributed by atoms with Crippen LogP contribution in [0.4, 0.5) is 5.69 Å². The molecule has 1 atom stereocenters. The summed E-state index contributed by atoms with van der Waals surface area (Å²) in [6.07, 6.45) is 6.32. The Hall–Kier alpha value is -2.40. The van der Waals surface area contributed by atoms with Gasteiger partial charge in [0.05, 0.1) is 6.42 Å². The third-order valence-corrected chi connectivity index (χ3v) is 4.82. The minimum Gasteiger partial charge on any atom is -0.378 e. The fourth-order valence-electron chi connectivity index (χ4n) is 3.44. The summed E-state index contributed by atoms with van der Waals surface area (Å²) < 4.78 is 0. The molecule has 1 amide bonds. The van der Waals surface area contributed by atoms with E-state index in [-0.39, 0.29) is 11.9 Å². The van der Waals surface area contributed by atoms with Crippen LogP contribution >= 0.6 is 0 Å². The minimum atomic E-state index is 0.107.